The Hall–Kier alpha value is -1.70. The van der Waals surface area contributed by atoms with Gasteiger partial charge in [-0.3, -0.25) is 0 Å². The topological polar surface area (TPSA) is 68.5 Å². The first-order valence-electron chi connectivity index (χ1n) is 6.21. The number of amides is 1. The summed E-state index contributed by atoms with van der Waals surface area (Å²) in [5.74, 6) is 0.238. The van der Waals surface area contributed by atoms with Crippen LogP contribution < -0.4 is 10.6 Å². The fraction of sp³-hybridized carbons (Fsp3) is 0.500. The molecule has 1 amide bonds. The molecular weight excluding hydrogens is 311 g/mol. The van der Waals surface area contributed by atoms with Crippen LogP contribution in [0.15, 0.2) is 12.3 Å². The predicted molar refractivity (Wildman–Crippen MR) is 70.2 cm³/mol. The van der Waals surface area contributed by atoms with Crippen LogP contribution in [0.4, 0.5) is 23.8 Å². The van der Waals surface area contributed by atoms with Gasteiger partial charge >= 0.3 is 12.3 Å². The van der Waals surface area contributed by atoms with E-state index in [9.17, 15) is 18.0 Å². The van der Waals surface area contributed by atoms with E-state index in [2.05, 4.69) is 4.98 Å². The fourth-order valence-electron chi connectivity index (χ4n) is 2.21. The van der Waals surface area contributed by atoms with Crippen LogP contribution in [0.5, 0.6) is 0 Å². The molecule has 1 fully saturated rings. The summed E-state index contributed by atoms with van der Waals surface area (Å²) in [5.41, 5.74) is 4.05. The van der Waals surface area contributed by atoms with Gasteiger partial charge in [-0.2, -0.15) is 13.2 Å². The average molecular weight is 324 g/mol. The Morgan fingerprint density at radius 2 is 2.24 bits per heavy atom. The van der Waals surface area contributed by atoms with Gasteiger partial charge in [-0.05, 0) is 18.9 Å². The maximum Gasteiger partial charge on any atom is 0.417 e. The van der Waals surface area contributed by atoms with Crippen molar-refractivity contribution in [1.29, 1.82) is 0 Å². The lowest BCUT2D eigenvalue weighted by atomic mass is 10.1. The SMILES string of the molecule is NC(=O)OC1CCCN(c2ncc(C(F)(F)F)cc2Cl)C1. The summed E-state index contributed by atoms with van der Waals surface area (Å²) >= 11 is 5.89. The Morgan fingerprint density at radius 1 is 1.52 bits per heavy atom. The van der Waals surface area contributed by atoms with E-state index < -0.39 is 23.9 Å². The number of alkyl halides is 3. The first kappa shape index (κ1) is 15.7. The summed E-state index contributed by atoms with van der Waals surface area (Å²) in [5, 5.41) is -0.0930. The van der Waals surface area contributed by atoms with Crippen molar-refractivity contribution in [3.05, 3.63) is 22.8 Å². The van der Waals surface area contributed by atoms with Crippen molar-refractivity contribution >= 4 is 23.5 Å². The highest BCUT2D eigenvalue weighted by atomic mass is 35.5. The summed E-state index contributed by atoms with van der Waals surface area (Å²) in [6.45, 7) is 0.859. The molecule has 1 aromatic rings. The van der Waals surface area contributed by atoms with Gasteiger partial charge in [0.15, 0.2) is 0 Å². The lowest BCUT2D eigenvalue weighted by Gasteiger charge is -2.33. The molecule has 0 aromatic carbocycles. The highest BCUT2D eigenvalue weighted by molar-refractivity contribution is 6.33. The molecule has 1 aliphatic heterocycles. The minimum atomic E-state index is -4.49. The van der Waals surface area contributed by atoms with Crippen LogP contribution in [-0.2, 0) is 10.9 Å². The number of nitrogens with zero attached hydrogens (tertiary/aromatic N) is 2. The normalized spacial score (nSPS) is 19.4. The Balaban J connectivity index is 2.16. The van der Waals surface area contributed by atoms with E-state index in [0.29, 0.717) is 25.9 Å². The maximum atomic E-state index is 12.6. The summed E-state index contributed by atoms with van der Waals surface area (Å²) in [4.78, 5) is 16.2. The van der Waals surface area contributed by atoms with E-state index in [4.69, 9.17) is 22.1 Å². The molecule has 1 atom stereocenters. The van der Waals surface area contributed by atoms with E-state index in [0.717, 1.165) is 12.3 Å². The molecule has 1 aliphatic rings. The van der Waals surface area contributed by atoms with Crippen LogP contribution in [-0.4, -0.2) is 30.3 Å². The van der Waals surface area contributed by atoms with Gasteiger partial charge in [0.1, 0.15) is 11.9 Å². The maximum absolute atomic E-state index is 12.6. The second-order valence-corrected chi connectivity index (χ2v) is 5.08. The third kappa shape index (κ3) is 3.90. The molecule has 1 saturated heterocycles. The number of rotatable bonds is 2. The van der Waals surface area contributed by atoms with Gasteiger partial charge in [0.25, 0.3) is 0 Å². The molecule has 2 N–H and O–H groups in total. The number of primary amides is 1. The molecular formula is C12H13ClF3N3O2. The molecule has 1 unspecified atom stereocenters. The zero-order valence-electron chi connectivity index (χ0n) is 10.9. The van der Waals surface area contributed by atoms with Crippen molar-refractivity contribution in [2.75, 3.05) is 18.0 Å². The second kappa shape index (κ2) is 5.97. The Morgan fingerprint density at radius 3 is 2.81 bits per heavy atom. The van der Waals surface area contributed by atoms with Crippen LogP contribution in [0.2, 0.25) is 5.02 Å². The molecule has 0 saturated carbocycles. The lowest BCUT2D eigenvalue weighted by Crippen LogP contribution is -2.42. The summed E-state index contributed by atoms with van der Waals surface area (Å²) in [6, 6.07) is 0.836. The third-order valence-corrected chi connectivity index (χ3v) is 3.39. The quantitative estimate of drug-likeness (QED) is 0.908. The Kier molecular flexibility index (Phi) is 4.46. The van der Waals surface area contributed by atoms with Crippen molar-refractivity contribution in [1.82, 2.24) is 4.98 Å². The highest BCUT2D eigenvalue weighted by Crippen LogP contribution is 2.34. The largest absolute Gasteiger partial charge is 0.445 e. The molecule has 21 heavy (non-hydrogen) atoms. The first-order valence-corrected chi connectivity index (χ1v) is 6.59. The van der Waals surface area contributed by atoms with Gasteiger partial charge in [-0.25, -0.2) is 9.78 Å². The Bertz CT molecular complexity index is 539. The molecule has 0 bridgehead atoms. The van der Waals surface area contributed by atoms with Crippen molar-refractivity contribution < 1.29 is 22.7 Å². The molecule has 2 rings (SSSR count). The smallest absolute Gasteiger partial charge is 0.417 e. The molecule has 9 heteroatoms. The fourth-order valence-corrected chi connectivity index (χ4v) is 2.50. The first-order chi connectivity index (χ1) is 9.77. The molecule has 0 radical (unpaired) electrons. The third-order valence-electron chi connectivity index (χ3n) is 3.11. The Labute approximate surface area is 123 Å². The number of anilines is 1. The van der Waals surface area contributed by atoms with Crippen LogP contribution in [0.1, 0.15) is 18.4 Å². The van der Waals surface area contributed by atoms with Crippen LogP contribution >= 0.6 is 11.6 Å². The number of pyridine rings is 1. The highest BCUT2D eigenvalue weighted by Gasteiger charge is 2.32. The van der Waals surface area contributed by atoms with Gasteiger partial charge in [0.05, 0.1) is 17.1 Å². The number of piperidine rings is 1. The van der Waals surface area contributed by atoms with E-state index in [1.54, 1.807) is 4.90 Å². The average Bonchev–Trinajstić information content (AvgIpc) is 2.37. The molecule has 0 spiro atoms. The van der Waals surface area contributed by atoms with Gasteiger partial charge in [-0.1, -0.05) is 11.6 Å². The molecule has 116 valence electrons. The minimum absolute atomic E-state index is 0.0930. The molecule has 5 nitrogen and oxygen atoms in total. The number of nitrogens with two attached hydrogens (primary N) is 1. The summed E-state index contributed by atoms with van der Waals surface area (Å²) in [6.07, 6.45) is -3.73. The van der Waals surface area contributed by atoms with E-state index in [1.165, 1.54) is 0 Å². The molecule has 2 heterocycles. The van der Waals surface area contributed by atoms with E-state index >= 15 is 0 Å². The van der Waals surface area contributed by atoms with E-state index in [-0.39, 0.29) is 10.8 Å². The van der Waals surface area contributed by atoms with E-state index in [1.807, 2.05) is 0 Å². The van der Waals surface area contributed by atoms with Crippen LogP contribution in [0.25, 0.3) is 0 Å². The van der Waals surface area contributed by atoms with Crippen molar-refractivity contribution in [3.8, 4) is 0 Å². The number of hydrogen-bond donors (Lipinski definition) is 1. The second-order valence-electron chi connectivity index (χ2n) is 4.67. The zero-order chi connectivity index (χ0) is 15.6. The monoisotopic (exact) mass is 323 g/mol. The van der Waals surface area contributed by atoms with Crippen molar-refractivity contribution in [2.24, 2.45) is 5.73 Å². The van der Waals surface area contributed by atoms with Crippen LogP contribution in [0.3, 0.4) is 0 Å². The number of carbonyl (C=O) groups excluding carboxylic acids is 1. The summed E-state index contributed by atoms with van der Waals surface area (Å²) in [7, 11) is 0. The van der Waals surface area contributed by atoms with Gasteiger partial charge in [0, 0.05) is 12.7 Å². The van der Waals surface area contributed by atoms with Crippen molar-refractivity contribution in [3.63, 3.8) is 0 Å². The molecule has 1 aromatic heterocycles. The standard InChI is InChI=1S/C12H13ClF3N3O2/c13-9-4-7(12(14,15)16)5-18-10(9)19-3-1-2-8(6-19)21-11(17)20/h4-5,8H,1-3,6H2,(H2,17,20). The summed E-state index contributed by atoms with van der Waals surface area (Å²) < 4.78 is 42.6. The zero-order valence-corrected chi connectivity index (χ0v) is 11.6. The number of halogens is 4. The minimum Gasteiger partial charge on any atom is -0.445 e. The number of hydrogen-bond acceptors (Lipinski definition) is 4. The number of carbonyl (C=O) groups is 1. The lowest BCUT2D eigenvalue weighted by molar-refractivity contribution is -0.137. The predicted octanol–water partition coefficient (Wildman–Crippen LogP) is 2.82. The van der Waals surface area contributed by atoms with Gasteiger partial charge in [-0.15, -0.1) is 0 Å². The number of aromatic nitrogens is 1. The van der Waals surface area contributed by atoms with Crippen LogP contribution in [0, 0.1) is 0 Å². The van der Waals surface area contributed by atoms with Crippen molar-refractivity contribution in [2.45, 2.75) is 25.1 Å². The van der Waals surface area contributed by atoms with Gasteiger partial charge in [0.2, 0.25) is 0 Å². The number of ether oxygens (including phenoxy) is 1. The molecule has 0 aliphatic carbocycles. The van der Waals surface area contributed by atoms with Gasteiger partial charge < -0.3 is 15.4 Å².